The van der Waals surface area contributed by atoms with Gasteiger partial charge in [0.15, 0.2) is 5.78 Å². The van der Waals surface area contributed by atoms with Crippen molar-refractivity contribution in [2.45, 2.75) is 32.6 Å². The maximum Gasteiger partial charge on any atom is 0.317 e. The lowest BCUT2D eigenvalue weighted by Gasteiger charge is -2.35. The highest BCUT2D eigenvalue weighted by molar-refractivity contribution is 7.08. The molecule has 7 heteroatoms. The molecular weight excluding hydrogens is 304 g/mol. The van der Waals surface area contributed by atoms with Gasteiger partial charge >= 0.3 is 5.70 Å². The van der Waals surface area contributed by atoms with E-state index in [1.165, 1.54) is 11.3 Å². The lowest BCUT2D eigenvalue weighted by atomic mass is 9.71. The highest BCUT2D eigenvalue weighted by atomic mass is 32.1. The van der Waals surface area contributed by atoms with Crippen LogP contribution in [0.15, 0.2) is 39.7 Å². The Morgan fingerprint density at radius 1 is 1.45 bits per heavy atom. The zero-order valence-electron chi connectivity index (χ0n) is 12.3. The lowest BCUT2D eigenvalue weighted by molar-refractivity contribution is -0.433. The van der Waals surface area contributed by atoms with Crippen molar-refractivity contribution in [3.63, 3.8) is 0 Å². The molecule has 0 radical (unpaired) electrons. The summed E-state index contributed by atoms with van der Waals surface area (Å²) in [4.78, 5) is 23.5. The third kappa shape index (κ3) is 2.31. The first-order chi connectivity index (χ1) is 10.3. The van der Waals surface area contributed by atoms with E-state index in [0.29, 0.717) is 29.7 Å². The smallest absolute Gasteiger partial charge is 0.317 e. The van der Waals surface area contributed by atoms with Crippen LogP contribution < -0.4 is 5.73 Å². The zero-order chi connectivity index (χ0) is 16.1. The second kappa shape index (κ2) is 4.95. The maximum atomic E-state index is 12.6. The van der Waals surface area contributed by atoms with Gasteiger partial charge in [0.05, 0.1) is 10.5 Å². The van der Waals surface area contributed by atoms with E-state index in [4.69, 9.17) is 10.5 Å². The number of nitrogens with two attached hydrogens (primary N) is 1. The van der Waals surface area contributed by atoms with Gasteiger partial charge in [-0.2, -0.15) is 11.3 Å². The Kier molecular flexibility index (Phi) is 3.32. The third-order valence-corrected chi connectivity index (χ3v) is 4.70. The van der Waals surface area contributed by atoms with Gasteiger partial charge in [0.2, 0.25) is 0 Å². The normalized spacial score (nSPS) is 24.1. The minimum atomic E-state index is -0.742. The number of hydrogen-bond donors (Lipinski definition) is 1. The summed E-state index contributed by atoms with van der Waals surface area (Å²) in [5.41, 5.74) is 6.41. The first-order valence-electron chi connectivity index (χ1n) is 6.90. The van der Waals surface area contributed by atoms with Crippen LogP contribution >= 0.6 is 11.3 Å². The molecule has 1 aromatic rings. The van der Waals surface area contributed by atoms with Crippen molar-refractivity contribution in [1.29, 1.82) is 0 Å². The van der Waals surface area contributed by atoms with Crippen molar-refractivity contribution in [3.8, 4) is 0 Å². The number of nitro groups is 1. The fraction of sp³-hybridized carbons (Fsp3) is 0.400. The van der Waals surface area contributed by atoms with Crippen LogP contribution in [0.5, 0.6) is 0 Å². The number of hydrogen-bond acceptors (Lipinski definition) is 6. The number of rotatable bonds is 2. The number of allylic oxidation sites excluding steroid dienone is 2. The average Bonchev–Trinajstić information content (AvgIpc) is 2.88. The van der Waals surface area contributed by atoms with E-state index in [0.717, 1.165) is 0 Å². The lowest BCUT2D eigenvalue weighted by Crippen LogP contribution is -2.35. The molecule has 3 rings (SSSR count). The van der Waals surface area contributed by atoms with Gasteiger partial charge in [-0.1, -0.05) is 13.8 Å². The standard InChI is InChI=1S/C15H16N2O4S/c1-15(2)5-9(18)12-10(6-15)21-14(16)13(17(19)20)11(12)8-3-4-22-7-8/h3-4,7,11H,5-6,16H2,1-2H3/t11-/m0/s1. The van der Waals surface area contributed by atoms with Crippen LogP contribution in [0.2, 0.25) is 0 Å². The molecule has 2 heterocycles. The van der Waals surface area contributed by atoms with Gasteiger partial charge in [-0.15, -0.1) is 0 Å². The summed E-state index contributed by atoms with van der Waals surface area (Å²) < 4.78 is 5.48. The van der Waals surface area contributed by atoms with E-state index in [1.54, 1.807) is 6.07 Å². The number of ether oxygens (including phenoxy) is 1. The summed E-state index contributed by atoms with van der Waals surface area (Å²) in [7, 11) is 0. The molecule has 0 spiro atoms. The summed E-state index contributed by atoms with van der Waals surface area (Å²) in [5.74, 6) is -0.589. The summed E-state index contributed by atoms with van der Waals surface area (Å²) >= 11 is 1.43. The molecule has 0 fully saturated rings. The first-order valence-corrected chi connectivity index (χ1v) is 7.84. The van der Waals surface area contributed by atoms with Crippen LogP contribution in [-0.2, 0) is 9.53 Å². The Hall–Kier alpha value is -2.15. The van der Waals surface area contributed by atoms with Gasteiger partial charge in [0.1, 0.15) is 11.7 Å². The van der Waals surface area contributed by atoms with E-state index in [2.05, 4.69) is 0 Å². The maximum absolute atomic E-state index is 12.6. The van der Waals surface area contributed by atoms with Crippen LogP contribution in [0.3, 0.4) is 0 Å². The average molecular weight is 320 g/mol. The molecule has 116 valence electrons. The molecule has 0 unspecified atom stereocenters. The summed E-state index contributed by atoms with van der Waals surface area (Å²) in [6.45, 7) is 3.95. The van der Waals surface area contributed by atoms with E-state index >= 15 is 0 Å². The van der Waals surface area contributed by atoms with Crippen LogP contribution in [-0.4, -0.2) is 10.7 Å². The van der Waals surface area contributed by atoms with Gasteiger partial charge in [-0.25, -0.2) is 0 Å². The number of Topliss-reactive ketones (excluding diaryl/α,β-unsaturated/α-hetero) is 1. The molecule has 0 bridgehead atoms. The molecule has 1 aliphatic heterocycles. The quantitative estimate of drug-likeness (QED) is 0.667. The molecule has 0 aromatic carbocycles. The Morgan fingerprint density at radius 2 is 2.18 bits per heavy atom. The van der Waals surface area contributed by atoms with Gasteiger partial charge in [0, 0.05) is 12.8 Å². The van der Waals surface area contributed by atoms with Crippen molar-refractivity contribution < 1.29 is 14.5 Å². The number of carbonyl (C=O) groups is 1. The fourth-order valence-electron chi connectivity index (χ4n) is 3.11. The van der Waals surface area contributed by atoms with Gasteiger partial charge in [-0.3, -0.25) is 14.9 Å². The van der Waals surface area contributed by atoms with Gasteiger partial charge < -0.3 is 10.5 Å². The molecule has 1 aromatic heterocycles. The molecular formula is C15H16N2O4S. The van der Waals surface area contributed by atoms with Crippen molar-refractivity contribution in [3.05, 3.63) is 55.4 Å². The molecule has 0 amide bonds. The Balaban J connectivity index is 2.18. The van der Waals surface area contributed by atoms with Crippen LogP contribution in [0, 0.1) is 15.5 Å². The molecule has 22 heavy (non-hydrogen) atoms. The van der Waals surface area contributed by atoms with E-state index in [9.17, 15) is 14.9 Å². The second-order valence-electron chi connectivity index (χ2n) is 6.38. The predicted octanol–water partition coefficient (Wildman–Crippen LogP) is 2.91. The molecule has 0 saturated heterocycles. The van der Waals surface area contributed by atoms with Gasteiger partial charge in [0.25, 0.3) is 5.88 Å². The van der Waals surface area contributed by atoms with Crippen LogP contribution in [0.1, 0.15) is 38.2 Å². The van der Waals surface area contributed by atoms with E-state index in [-0.39, 0.29) is 22.8 Å². The fourth-order valence-corrected chi connectivity index (χ4v) is 3.80. The number of carbonyl (C=O) groups excluding carboxylic acids is 1. The first kappa shape index (κ1) is 14.8. The number of thiophene rings is 1. The molecule has 6 nitrogen and oxygen atoms in total. The second-order valence-corrected chi connectivity index (χ2v) is 7.16. The molecule has 0 saturated carbocycles. The topological polar surface area (TPSA) is 95.5 Å². The monoisotopic (exact) mass is 320 g/mol. The Labute approximate surface area is 131 Å². The van der Waals surface area contributed by atoms with Crippen LogP contribution in [0.4, 0.5) is 0 Å². The minimum Gasteiger partial charge on any atom is -0.440 e. The Morgan fingerprint density at radius 3 is 2.77 bits per heavy atom. The van der Waals surface area contributed by atoms with E-state index < -0.39 is 10.8 Å². The van der Waals surface area contributed by atoms with E-state index in [1.807, 2.05) is 24.6 Å². The molecule has 2 aliphatic rings. The van der Waals surface area contributed by atoms with Crippen LogP contribution in [0.25, 0.3) is 0 Å². The minimum absolute atomic E-state index is 0.103. The molecule has 1 atom stereocenters. The largest absolute Gasteiger partial charge is 0.440 e. The van der Waals surface area contributed by atoms with Crippen molar-refractivity contribution >= 4 is 17.1 Å². The summed E-state index contributed by atoms with van der Waals surface area (Å²) in [6.07, 6.45) is 0.890. The Bertz CT molecular complexity index is 716. The SMILES string of the molecule is CC1(C)CC(=O)C2=C(C1)OC(N)=C([N+](=O)[O-])[C@H]2c1ccsc1. The highest BCUT2D eigenvalue weighted by Crippen LogP contribution is 2.48. The molecule has 2 N–H and O–H groups in total. The summed E-state index contributed by atoms with van der Waals surface area (Å²) in [6, 6.07) is 1.79. The van der Waals surface area contributed by atoms with Crippen molar-refractivity contribution in [2.75, 3.05) is 0 Å². The number of ketones is 1. The third-order valence-electron chi connectivity index (χ3n) is 4.00. The number of nitrogens with zero attached hydrogens (tertiary/aromatic N) is 1. The van der Waals surface area contributed by atoms with Gasteiger partial charge in [-0.05, 0) is 27.8 Å². The van der Waals surface area contributed by atoms with Crippen molar-refractivity contribution in [2.24, 2.45) is 11.1 Å². The highest BCUT2D eigenvalue weighted by Gasteiger charge is 2.47. The van der Waals surface area contributed by atoms with Crippen molar-refractivity contribution in [1.82, 2.24) is 0 Å². The summed E-state index contributed by atoms with van der Waals surface area (Å²) in [5, 5.41) is 15.1. The molecule has 1 aliphatic carbocycles. The predicted molar refractivity (Wildman–Crippen MR) is 81.4 cm³/mol. The zero-order valence-corrected chi connectivity index (χ0v) is 13.1.